The van der Waals surface area contributed by atoms with Crippen LogP contribution in [0, 0.1) is 11.7 Å². The monoisotopic (exact) mass is 496 g/mol. The van der Waals surface area contributed by atoms with Crippen molar-refractivity contribution in [2.45, 2.75) is 19.0 Å². The van der Waals surface area contributed by atoms with Crippen LogP contribution in [-0.2, 0) is 27.3 Å². The first kappa shape index (κ1) is 24.5. The zero-order valence-corrected chi connectivity index (χ0v) is 20.6. The molecule has 0 aromatic heterocycles. The van der Waals surface area contributed by atoms with Gasteiger partial charge in [0.05, 0.1) is 38.8 Å². The molecule has 8 nitrogen and oxygen atoms in total. The summed E-state index contributed by atoms with van der Waals surface area (Å²) in [4.78, 5) is 32.7. The smallest absolute Gasteiger partial charge is 0.236 e. The Kier molecular flexibility index (Phi) is 7.38. The number of nitrogens with zero attached hydrogens (tertiary/aromatic N) is 3. The van der Waals surface area contributed by atoms with Crippen molar-refractivity contribution in [3.63, 3.8) is 0 Å². The lowest BCUT2D eigenvalue weighted by atomic mass is 9.83. The number of benzene rings is 2. The van der Waals surface area contributed by atoms with E-state index in [1.165, 1.54) is 12.1 Å². The van der Waals surface area contributed by atoms with Gasteiger partial charge in [0.2, 0.25) is 11.8 Å². The van der Waals surface area contributed by atoms with E-state index in [9.17, 15) is 14.0 Å². The van der Waals surface area contributed by atoms with Gasteiger partial charge in [0.1, 0.15) is 11.6 Å². The molecule has 0 bridgehead atoms. The van der Waals surface area contributed by atoms with E-state index in [0.29, 0.717) is 45.8 Å². The topological polar surface area (TPSA) is 74.3 Å². The number of hydrogen-bond donors (Lipinski definition) is 1. The van der Waals surface area contributed by atoms with Gasteiger partial charge in [-0.2, -0.15) is 0 Å². The SMILES string of the molecule is COc1ccc2c(c1)N1CCN(CC(=O)N3CCOCC3)C[C@H]1[C@H](C(=O)NCc1cccc(F)c1)C2. The number of carbonyl (C=O) groups is 2. The minimum Gasteiger partial charge on any atom is -0.497 e. The Balaban J connectivity index is 1.33. The predicted octanol–water partition coefficient (Wildman–Crippen LogP) is 1.67. The van der Waals surface area contributed by atoms with Crippen molar-refractivity contribution in [1.82, 2.24) is 15.1 Å². The van der Waals surface area contributed by atoms with Crippen LogP contribution in [0.25, 0.3) is 0 Å². The fraction of sp³-hybridized carbons (Fsp3) is 0.481. The third-order valence-electron chi connectivity index (χ3n) is 7.42. The van der Waals surface area contributed by atoms with E-state index in [1.54, 1.807) is 19.2 Å². The normalized spacial score (nSPS) is 21.9. The van der Waals surface area contributed by atoms with Gasteiger partial charge < -0.3 is 24.6 Å². The lowest BCUT2D eigenvalue weighted by Gasteiger charge is -2.49. The van der Waals surface area contributed by atoms with E-state index >= 15 is 0 Å². The number of amides is 2. The van der Waals surface area contributed by atoms with Crippen molar-refractivity contribution >= 4 is 17.5 Å². The maximum atomic E-state index is 13.6. The summed E-state index contributed by atoms with van der Waals surface area (Å²) in [5.74, 6) is 0.224. The van der Waals surface area contributed by atoms with Gasteiger partial charge in [0, 0.05) is 51.0 Å². The largest absolute Gasteiger partial charge is 0.497 e. The number of nitrogens with one attached hydrogen (secondary N) is 1. The highest BCUT2D eigenvalue weighted by Gasteiger charge is 2.42. The number of methoxy groups -OCH3 is 1. The van der Waals surface area contributed by atoms with Crippen LogP contribution in [0.1, 0.15) is 11.1 Å². The minimum atomic E-state index is -0.318. The molecule has 36 heavy (non-hydrogen) atoms. The van der Waals surface area contributed by atoms with E-state index in [1.807, 2.05) is 23.1 Å². The lowest BCUT2D eigenvalue weighted by molar-refractivity contribution is -0.136. The summed E-state index contributed by atoms with van der Waals surface area (Å²) < 4.78 is 24.4. The molecule has 3 aliphatic heterocycles. The summed E-state index contributed by atoms with van der Waals surface area (Å²) in [7, 11) is 1.65. The molecule has 0 spiro atoms. The summed E-state index contributed by atoms with van der Waals surface area (Å²) in [6.45, 7) is 5.09. The summed E-state index contributed by atoms with van der Waals surface area (Å²) in [6, 6.07) is 12.2. The molecule has 2 amide bonds. The van der Waals surface area contributed by atoms with Crippen molar-refractivity contribution < 1.29 is 23.5 Å². The van der Waals surface area contributed by atoms with E-state index in [2.05, 4.69) is 15.1 Å². The Hall–Kier alpha value is -3.17. The summed E-state index contributed by atoms with van der Waals surface area (Å²) in [5, 5.41) is 3.03. The molecule has 0 aliphatic carbocycles. The fourth-order valence-corrected chi connectivity index (χ4v) is 5.48. The molecule has 2 atom stereocenters. The Labute approximate surface area is 210 Å². The van der Waals surface area contributed by atoms with Crippen LogP contribution in [0.3, 0.4) is 0 Å². The van der Waals surface area contributed by atoms with Crippen LogP contribution >= 0.6 is 0 Å². The van der Waals surface area contributed by atoms with Crippen molar-refractivity contribution in [3.8, 4) is 5.75 Å². The summed E-state index contributed by atoms with van der Waals surface area (Å²) >= 11 is 0. The Morgan fingerprint density at radius 1 is 1.11 bits per heavy atom. The Bertz CT molecular complexity index is 1110. The molecule has 9 heteroatoms. The second-order valence-corrected chi connectivity index (χ2v) is 9.64. The van der Waals surface area contributed by atoms with Gasteiger partial charge in [0.15, 0.2) is 0 Å². The second-order valence-electron chi connectivity index (χ2n) is 9.64. The van der Waals surface area contributed by atoms with E-state index in [4.69, 9.17) is 9.47 Å². The third kappa shape index (κ3) is 5.32. The molecule has 2 aromatic carbocycles. The van der Waals surface area contributed by atoms with Gasteiger partial charge >= 0.3 is 0 Å². The van der Waals surface area contributed by atoms with E-state index in [0.717, 1.165) is 35.7 Å². The number of carbonyl (C=O) groups excluding carboxylic acids is 2. The molecule has 2 fully saturated rings. The number of anilines is 1. The number of hydrogen-bond acceptors (Lipinski definition) is 6. The minimum absolute atomic E-state index is 0.0583. The molecular formula is C27H33FN4O4. The highest BCUT2D eigenvalue weighted by molar-refractivity contribution is 5.82. The first-order chi connectivity index (χ1) is 17.5. The maximum absolute atomic E-state index is 13.6. The average Bonchev–Trinajstić information content (AvgIpc) is 2.91. The zero-order chi connectivity index (χ0) is 25.1. The molecule has 0 unspecified atom stereocenters. The number of fused-ring (bicyclic) bond motifs is 3. The first-order valence-corrected chi connectivity index (χ1v) is 12.6. The molecule has 3 aliphatic rings. The van der Waals surface area contributed by atoms with Gasteiger partial charge in [-0.05, 0) is 35.7 Å². The summed E-state index contributed by atoms with van der Waals surface area (Å²) in [5.41, 5.74) is 2.92. The standard InChI is InChI=1S/C27H33FN4O4/c1-35-22-6-5-20-14-23(27(34)29-16-19-3-2-4-21(28)13-19)25-17-30(7-8-32(25)24(20)15-22)18-26(33)31-9-11-36-12-10-31/h2-6,13,15,23,25H,7-12,14,16-18H2,1H3,(H,29,34)/t23-,25+/m1/s1. The number of piperazine rings is 1. The fourth-order valence-electron chi connectivity index (χ4n) is 5.48. The summed E-state index contributed by atoms with van der Waals surface area (Å²) in [6.07, 6.45) is 0.598. The van der Waals surface area contributed by atoms with Crippen molar-refractivity contribution in [2.75, 3.05) is 64.5 Å². The van der Waals surface area contributed by atoms with E-state index < -0.39 is 0 Å². The molecule has 1 N–H and O–H groups in total. The molecule has 5 rings (SSSR count). The molecule has 0 saturated carbocycles. The average molecular weight is 497 g/mol. The molecule has 2 saturated heterocycles. The van der Waals surface area contributed by atoms with Crippen LogP contribution in [-0.4, -0.2) is 87.2 Å². The molecule has 0 radical (unpaired) electrons. The quantitative estimate of drug-likeness (QED) is 0.656. The van der Waals surface area contributed by atoms with Crippen molar-refractivity contribution in [3.05, 3.63) is 59.4 Å². The Morgan fingerprint density at radius 2 is 1.94 bits per heavy atom. The van der Waals surface area contributed by atoms with Crippen LogP contribution in [0.4, 0.5) is 10.1 Å². The van der Waals surface area contributed by atoms with Crippen LogP contribution in [0.2, 0.25) is 0 Å². The van der Waals surface area contributed by atoms with Crippen molar-refractivity contribution in [2.24, 2.45) is 5.92 Å². The highest BCUT2D eigenvalue weighted by Crippen LogP contribution is 2.38. The van der Waals surface area contributed by atoms with Crippen molar-refractivity contribution in [1.29, 1.82) is 0 Å². The number of halogens is 1. The number of ether oxygens (including phenoxy) is 2. The molecule has 2 aromatic rings. The molecule has 3 heterocycles. The zero-order valence-electron chi connectivity index (χ0n) is 20.6. The van der Waals surface area contributed by atoms with Crippen LogP contribution in [0.15, 0.2) is 42.5 Å². The van der Waals surface area contributed by atoms with Crippen LogP contribution < -0.4 is 15.0 Å². The van der Waals surface area contributed by atoms with Crippen LogP contribution in [0.5, 0.6) is 5.75 Å². The molecule has 192 valence electrons. The number of rotatable bonds is 6. The van der Waals surface area contributed by atoms with Gasteiger partial charge in [-0.15, -0.1) is 0 Å². The molecular weight excluding hydrogens is 463 g/mol. The van der Waals surface area contributed by atoms with Gasteiger partial charge in [-0.25, -0.2) is 4.39 Å². The predicted molar refractivity (Wildman–Crippen MR) is 133 cm³/mol. The lowest BCUT2D eigenvalue weighted by Crippen LogP contribution is -2.62. The maximum Gasteiger partial charge on any atom is 0.236 e. The van der Waals surface area contributed by atoms with E-state index in [-0.39, 0.29) is 36.1 Å². The number of morpholine rings is 1. The van der Waals surface area contributed by atoms with Gasteiger partial charge in [-0.3, -0.25) is 14.5 Å². The van der Waals surface area contributed by atoms with Gasteiger partial charge in [0.25, 0.3) is 0 Å². The highest BCUT2D eigenvalue weighted by atomic mass is 19.1. The Morgan fingerprint density at radius 3 is 2.72 bits per heavy atom. The van der Waals surface area contributed by atoms with Gasteiger partial charge in [-0.1, -0.05) is 18.2 Å². The first-order valence-electron chi connectivity index (χ1n) is 12.6. The third-order valence-corrected chi connectivity index (χ3v) is 7.42. The second kappa shape index (κ2) is 10.8.